The maximum Gasteiger partial charge on any atom is 0.143 e. The number of aromatic nitrogens is 2. The van der Waals surface area contributed by atoms with Gasteiger partial charge in [-0.25, -0.2) is 9.97 Å². The normalized spacial score (nSPS) is 12.8. The lowest BCUT2D eigenvalue weighted by molar-refractivity contribution is 0.714. The Labute approximate surface area is 131 Å². The van der Waals surface area contributed by atoms with Crippen molar-refractivity contribution in [2.45, 2.75) is 26.2 Å². The molecule has 1 atom stereocenters. The van der Waals surface area contributed by atoms with Crippen LogP contribution in [0.1, 0.15) is 31.9 Å². The summed E-state index contributed by atoms with van der Waals surface area (Å²) in [7, 11) is 0. The van der Waals surface area contributed by atoms with Crippen molar-refractivity contribution in [1.82, 2.24) is 9.97 Å². The lowest BCUT2D eigenvalue weighted by Crippen LogP contribution is -1.92. The first-order chi connectivity index (χ1) is 9.69. The molecule has 3 rings (SSSR count). The van der Waals surface area contributed by atoms with Crippen LogP contribution in [0.5, 0.6) is 0 Å². The third-order valence-electron chi connectivity index (χ3n) is 3.52. The summed E-state index contributed by atoms with van der Waals surface area (Å²) in [5.41, 5.74) is 3.10. The highest BCUT2D eigenvalue weighted by molar-refractivity contribution is 9.10. The summed E-state index contributed by atoms with van der Waals surface area (Å²) in [5, 5.41) is 4.27. The number of hydrogen-bond donors (Lipinski definition) is 0. The Kier molecular flexibility index (Phi) is 3.85. The Morgan fingerprint density at radius 3 is 2.85 bits per heavy atom. The van der Waals surface area contributed by atoms with Crippen LogP contribution in [-0.2, 0) is 0 Å². The molecular formula is C16H15BrN2S. The molecule has 4 heteroatoms. The first kappa shape index (κ1) is 13.7. The van der Waals surface area contributed by atoms with Crippen LogP contribution in [-0.4, -0.2) is 9.97 Å². The third kappa shape index (κ3) is 2.50. The number of fused-ring (bicyclic) bond motifs is 1. The van der Waals surface area contributed by atoms with Gasteiger partial charge in [0.15, 0.2) is 0 Å². The van der Waals surface area contributed by atoms with E-state index in [0.717, 1.165) is 38.2 Å². The fourth-order valence-electron chi connectivity index (χ4n) is 2.07. The van der Waals surface area contributed by atoms with Gasteiger partial charge in [-0.1, -0.05) is 32.0 Å². The molecule has 3 aromatic rings. The van der Waals surface area contributed by atoms with Crippen LogP contribution in [0.2, 0.25) is 0 Å². The van der Waals surface area contributed by atoms with Gasteiger partial charge in [0, 0.05) is 15.2 Å². The Balaban J connectivity index is 2.09. The van der Waals surface area contributed by atoms with Gasteiger partial charge in [0.1, 0.15) is 10.7 Å². The van der Waals surface area contributed by atoms with Crippen molar-refractivity contribution in [3.05, 3.63) is 45.9 Å². The molecule has 0 N–H and O–H groups in total. The van der Waals surface area contributed by atoms with Crippen LogP contribution in [0.4, 0.5) is 0 Å². The first-order valence-electron chi connectivity index (χ1n) is 6.70. The zero-order valence-corrected chi connectivity index (χ0v) is 13.8. The Morgan fingerprint density at radius 2 is 2.05 bits per heavy atom. The monoisotopic (exact) mass is 346 g/mol. The molecule has 0 saturated carbocycles. The quantitative estimate of drug-likeness (QED) is 0.613. The van der Waals surface area contributed by atoms with E-state index in [0.29, 0.717) is 5.92 Å². The second kappa shape index (κ2) is 5.62. The third-order valence-corrected chi connectivity index (χ3v) is 4.99. The molecule has 0 saturated heterocycles. The summed E-state index contributed by atoms with van der Waals surface area (Å²) < 4.78 is 1.00. The number of benzene rings is 1. The summed E-state index contributed by atoms with van der Waals surface area (Å²) in [6.07, 6.45) is 1.11. The van der Waals surface area contributed by atoms with Crippen LogP contribution in [0.3, 0.4) is 0 Å². The molecule has 20 heavy (non-hydrogen) atoms. The minimum atomic E-state index is 0.499. The second-order valence-corrected chi connectivity index (χ2v) is 6.61. The van der Waals surface area contributed by atoms with Gasteiger partial charge in [0.05, 0.1) is 11.2 Å². The number of para-hydroxylation sites is 1. The molecule has 0 spiro atoms. The van der Waals surface area contributed by atoms with E-state index in [9.17, 15) is 0 Å². The summed E-state index contributed by atoms with van der Waals surface area (Å²) in [4.78, 5) is 9.49. The minimum Gasteiger partial charge on any atom is -0.244 e. The van der Waals surface area contributed by atoms with Gasteiger partial charge < -0.3 is 0 Å². The standard InChI is InChI=1S/C16H15BrN2S/c1-3-10(2)14-9-20-16(19-14)15-12(17)8-11-6-4-5-7-13(11)18-15/h4-10H,3H2,1-2H3. The van der Waals surface area contributed by atoms with E-state index in [1.165, 1.54) is 0 Å². The van der Waals surface area contributed by atoms with Crippen molar-refractivity contribution in [1.29, 1.82) is 0 Å². The summed E-state index contributed by atoms with van der Waals surface area (Å²) in [6.45, 7) is 4.40. The van der Waals surface area contributed by atoms with Crippen molar-refractivity contribution in [2.24, 2.45) is 0 Å². The predicted molar refractivity (Wildman–Crippen MR) is 89.3 cm³/mol. The van der Waals surface area contributed by atoms with Crippen molar-refractivity contribution in [2.75, 3.05) is 0 Å². The largest absolute Gasteiger partial charge is 0.244 e. The molecular weight excluding hydrogens is 332 g/mol. The number of nitrogens with zero attached hydrogens (tertiary/aromatic N) is 2. The van der Waals surface area contributed by atoms with Crippen LogP contribution in [0, 0.1) is 0 Å². The topological polar surface area (TPSA) is 25.8 Å². The number of rotatable bonds is 3. The second-order valence-electron chi connectivity index (χ2n) is 4.90. The van der Waals surface area contributed by atoms with Crippen LogP contribution in [0.25, 0.3) is 21.6 Å². The molecule has 0 amide bonds. The number of thiazole rings is 1. The van der Waals surface area contributed by atoms with E-state index in [1.54, 1.807) is 11.3 Å². The van der Waals surface area contributed by atoms with E-state index in [4.69, 9.17) is 9.97 Å². The molecule has 102 valence electrons. The van der Waals surface area contributed by atoms with E-state index >= 15 is 0 Å². The highest BCUT2D eigenvalue weighted by Crippen LogP contribution is 2.33. The van der Waals surface area contributed by atoms with Crippen LogP contribution >= 0.6 is 27.3 Å². The highest BCUT2D eigenvalue weighted by atomic mass is 79.9. The smallest absolute Gasteiger partial charge is 0.143 e. The molecule has 0 bridgehead atoms. The van der Waals surface area contributed by atoms with Gasteiger partial charge in [-0.05, 0) is 40.4 Å². The molecule has 0 fully saturated rings. The number of hydrogen-bond acceptors (Lipinski definition) is 3. The van der Waals surface area contributed by atoms with Crippen molar-refractivity contribution in [3.8, 4) is 10.7 Å². The predicted octanol–water partition coefficient (Wildman–Crippen LogP) is 5.63. The molecule has 0 radical (unpaired) electrons. The Bertz CT molecular complexity index is 751. The van der Waals surface area contributed by atoms with Gasteiger partial charge in [-0.2, -0.15) is 0 Å². The number of halogens is 1. The Hall–Kier alpha value is -1.26. The van der Waals surface area contributed by atoms with E-state index < -0.39 is 0 Å². The van der Waals surface area contributed by atoms with Gasteiger partial charge in [-0.3, -0.25) is 0 Å². The highest BCUT2D eigenvalue weighted by Gasteiger charge is 2.13. The lowest BCUT2D eigenvalue weighted by Gasteiger charge is -2.04. The average molecular weight is 347 g/mol. The van der Waals surface area contributed by atoms with Crippen molar-refractivity contribution < 1.29 is 0 Å². The van der Waals surface area contributed by atoms with Gasteiger partial charge in [-0.15, -0.1) is 11.3 Å². The fraction of sp³-hybridized carbons (Fsp3) is 0.250. The molecule has 1 aromatic carbocycles. The molecule has 2 nitrogen and oxygen atoms in total. The maximum absolute atomic E-state index is 4.74. The summed E-state index contributed by atoms with van der Waals surface area (Å²) in [6, 6.07) is 10.3. The van der Waals surface area contributed by atoms with Gasteiger partial charge in [0.25, 0.3) is 0 Å². The molecule has 0 aliphatic heterocycles. The van der Waals surface area contributed by atoms with E-state index in [2.05, 4.69) is 47.3 Å². The van der Waals surface area contributed by atoms with Crippen molar-refractivity contribution >= 4 is 38.2 Å². The first-order valence-corrected chi connectivity index (χ1v) is 8.37. The van der Waals surface area contributed by atoms with Gasteiger partial charge >= 0.3 is 0 Å². The summed E-state index contributed by atoms with van der Waals surface area (Å²) in [5.74, 6) is 0.499. The maximum atomic E-state index is 4.74. The zero-order valence-electron chi connectivity index (χ0n) is 11.4. The molecule has 1 unspecified atom stereocenters. The van der Waals surface area contributed by atoms with Gasteiger partial charge in [0.2, 0.25) is 0 Å². The zero-order chi connectivity index (χ0) is 14.1. The van der Waals surface area contributed by atoms with Crippen molar-refractivity contribution in [3.63, 3.8) is 0 Å². The lowest BCUT2D eigenvalue weighted by atomic mass is 10.1. The number of pyridine rings is 1. The molecule has 2 heterocycles. The Morgan fingerprint density at radius 1 is 1.25 bits per heavy atom. The van der Waals surface area contributed by atoms with E-state index in [1.807, 2.05) is 18.2 Å². The molecule has 0 aliphatic carbocycles. The fourth-order valence-corrected chi connectivity index (χ4v) is 3.67. The molecule has 0 aliphatic rings. The summed E-state index contributed by atoms with van der Waals surface area (Å²) >= 11 is 5.29. The van der Waals surface area contributed by atoms with Crippen LogP contribution in [0.15, 0.2) is 40.2 Å². The average Bonchev–Trinajstić information content (AvgIpc) is 2.95. The minimum absolute atomic E-state index is 0.499. The molecule has 2 aromatic heterocycles. The van der Waals surface area contributed by atoms with E-state index in [-0.39, 0.29) is 0 Å². The van der Waals surface area contributed by atoms with Crippen LogP contribution < -0.4 is 0 Å². The SMILES string of the molecule is CCC(C)c1csc(-c2nc3ccccc3cc2Br)n1.